The van der Waals surface area contributed by atoms with Gasteiger partial charge in [0.2, 0.25) is 5.82 Å². The van der Waals surface area contributed by atoms with Gasteiger partial charge in [-0.1, -0.05) is 0 Å². The van der Waals surface area contributed by atoms with Crippen molar-refractivity contribution >= 4 is 23.2 Å². The summed E-state index contributed by atoms with van der Waals surface area (Å²) in [7, 11) is 1.40. The third kappa shape index (κ3) is 6.19. The number of carbonyl (C=O) groups excluding carboxylic acids is 1. The first-order valence-electron chi connectivity index (χ1n) is 8.88. The first-order chi connectivity index (χ1) is 13.4. The predicted octanol–water partition coefficient (Wildman–Crippen LogP) is 3.22. The molecule has 2 N–H and O–H groups in total. The number of hydrogen-bond donors (Lipinski definition) is 2. The summed E-state index contributed by atoms with van der Waals surface area (Å²) in [5.41, 5.74) is -0.335. The molecule has 1 aromatic carbocycles. The first-order valence-corrected chi connectivity index (χ1v) is 8.88. The molecule has 1 saturated carbocycles. The highest BCUT2D eigenvalue weighted by atomic mass is 19.1. The fourth-order valence-electron chi connectivity index (χ4n) is 2.23. The summed E-state index contributed by atoms with van der Waals surface area (Å²) < 4.78 is 33.5. The molecule has 0 spiro atoms. The summed E-state index contributed by atoms with van der Waals surface area (Å²) in [6.45, 7) is 4.81. The van der Waals surface area contributed by atoms with Gasteiger partial charge in [0, 0.05) is 18.7 Å². The average molecular weight is 411 g/mol. The van der Waals surface area contributed by atoms with Gasteiger partial charge in [-0.05, 0) is 39.7 Å². The van der Waals surface area contributed by atoms with Gasteiger partial charge in [-0.15, -0.1) is 0 Å². The average Bonchev–Trinajstić information content (AvgIpc) is 3.42. The largest absolute Gasteiger partial charge is 0.444 e. The van der Waals surface area contributed by atoms with E-state index in [1.807, 2.05) is 0 Å². The molecule has 1 amide bonds. The van der Waals surface area contributed by atoms with Gasteiger partial charge in [-0.25, -0.2) is 9.18 Å². The molecule has 0 aliphatic heterocycles. The molecule has 158 valence electrons. The number of amides is 1. The number of carbonyl (C=O) groups is 1. The summed E-state index contributed by atoms with van der Waals surface area (Å²) in [5.74, 6) is -2.41. The summed E-state index contributed by atoms with van der Waals surface area (Å²) in [6, 6.07) is 1.22. The number of nitro groups is 1. The number of nitrogens with zero attached hydrogens (tertiary/aromatic N) is 3. The molecule has 0 atom stereocenters. The zero-order valence-electron chi connectivity index (χ0n) is 16.6. The fourth-order valence-corrected chi connectivity index (χ4v) is 2.23. The maximum Gasteiger partial charge on any atom is 0.410 e. The lowest BCUT2D eigenvalue weighted by molar-refractivity contribution is -0.387. The maximum absolute atomic E-state index is 14.5. The van der Waals surface area contributed by atoms with Crippen LogP contribution in [-0.4, -0.2) is 52.6 Å². The molecule has 0 unspecified atom stereocenters. The van der Waals surface area contributed by atoms with E-state index < -0.39 is 45.2 Å². The highest BCUT2D eigenvalue weighted by molar-refractivity contribution is 6.48. The summed E-state index contributed by atoms with van der Waals surface area (Å²) in [5, 5.41) is 23.3. The van der Waals surface area contributed by atoms with Crippen LogP contribution in [0.2, 0.25) is 0 Å². The van der Waals surface area contributed by atoms with Crippen LogP contribution in [0.25, 0.3) is 0 Å². The van der Waals surface area contributed by atoms with Crippen LogP contribution in [0.15, 0.2) is 17.2 Å². The summed E-state index contributed by atoms with van der Waals surface area (Å²) in [4.78, 5) is 23.2. The molecular formula is C18H23F2N5O4. The number of rotatable bonds is 7. The van der Waals surface area contributed by atoms with Crippen LogP contribution in [0.1, 0.15) is 39.2 Å². The minimum atomic E-state index is -1.35. The molecule has 0 saturated heterocycles. The second kappa shape index (κ2) is 8.50. The second-order valence-electron chi connectivity index (χ2n) is 7.72. The van der Waals surface area contributed by atoms with Crippen molar-refractivity contribution in [3.8, 4) is 0 Å². The van der Waals surface area contributed by atoms with Crippen molar-refractivity contribution in [2.75, 3.05) is 13.6 Å². The number of hydrogen-bond acceptors (Lipinski definition) is 7. The van der Waals surface area contributed by atoms with E-state index in [9.17, 15) is 23.7 Å². The Hall–Kier alpha value is -3.11. The molecule has 1 aliphatic carbocycles. The van der Waals surface area contributed by atoms with Crippen LogP contribution in [0.4, 0.5) is 19.3 Å². The monoisotopic (exact) mass is 411 g/mol. The second-order valence-corrected chi connectivity index (χ2v) is 7.72. The molecule has 0 bridgehead atoms. The van der Waals surface area contributed by atoms with Crippen molar-refractivity contribution in [2.24, 2.45) is 5.10 Å². The van der Waals surface area contributed by atoms with Crippen LogP contribution in [-0.2, 0) is 4.74 Å². The Morgan fingerprint density at radius 3 is 2.55 bits per heavy atom. The normalized spacial score (nSPS) is 14.3. The van der Waals surface area contributed by atoms with Gasteiger partial charge >= 0.3 is 11.8 Å². The molecule has 1 aromatic rings. The molecule has 0 heterocycles. The van der Waals surface area contributed by atoms with E-state index in [0.29, 0.717) is 12.1 Å². The Morgan fingerprint density at radius 1 is 1.41 bits per heavy atom. The lowest BCUT2D eigenvalue weighted by Gasteiger charge is -2.25. The van der Waals surface area contributed by atoms with Crippen LogP contribution >= 0.6 is 0 Å². The third-order valence-electron chi connectivity index (χ3n) is 3.82. The number of halogens is 2. The molecule has 0 aromatic heterocycles. The molecule has 1 fully saturated rings. The van der Waals surface area contributed by atoms with Crippen LogP contribution in [0.3, 0.4) is 0 Å². The van der Waals surface area contributed by atoms with E-state index >= 15 is 0 Å². The van der Waals surface area contributed by atoms with Crippen molar-refractivity contribution < 1.29 is 23.2 Å². The van der Waals surface area contributed by atoms with E-state index in [-0.39, 0.29) is 18.3 Å². The van der Waals surface area contributed by atoms with Crippen molar-refractivity contribution in [3.05, 3.63) is 39.4 Å². The SMILES string of the molecule is CN(C/C(=N/NC1CC1)C(=N)c1cc(F)cc([N+](=O)[O-])c1F)C(=O)OC(C)(C)C. The number of nitro benzene ring substituents is 1. The molecule has 1 aliphatic rings. The fraction of sp³-hybridized carbons (Fsp3) is 0.500. The van der Waals surface area contributed by atoms with Crippen molar-refractivity contribution in [3.63, 3.8) is 0 Å². The van der Waals surface area contributed by atoms with Crippen LogP contribution in [0, 0.1) is 27.2 Å². The highest BCUT2D eigenvalue weighted by Gasteiger charge is 2.28. The van der Waals surface area contributed by atoms with Gasteiger partial charge < -0.3 is 15.1 Å². The number of ether oxygens (including phenoxy) is 1. The molecule has 11 heteroatoms. The third-order valence-corrected chi connectivity index (χ3v) is 3.82. The number of nitrogens with one attached hydrogen (secondary N) is 2. The maximum atomic E-state index is 14.5. The van der Waals surface area contributed by atoms with Gasteiger partial charge in [-0.2, -0.15) is 9.49 Å². The van der Waals surface area contributed by atoms with E-state index in [0.717, 1.165) is 17.7 Å². The van der Waals surface area contributed by atoms with Crippen molar-refractivity contribution in [1.82, 2.24) is 10.3 Å². The van der Waals surface area contributed by atoms with Gasteiger partial charge in [-0.3, -0.25) is 15.5 Å². The smallest absolute Gasteiger partial charge is 0.410 e. The molecular weight excluding hydrogens is 388 g/mol. The quantitative estimate of drug-likeness (QED) is 0.405. The lowest BCUT2D eigenvalue weighted by atomic mass is 10.0. The summed E-state index contributed by atoms with van der Waals surface area (Å²) in [6.07, 6.45) is 1.03. The Labute approximate surface area is 166 Å². The van der Waals surface area contributed by atoms with Gasteiger partial charge in [0.25, 0.3) is 0 Å². The number of hydrazone groups is 1. The van der Waals surface area contributed by atoms with Gasteiger partial charge in [0.15, 0.2) is 0 Å². The zero-order chi connectivity index (χ0) is 21.9. The molecule has 9 nitrogen and oxygen atoms in total. The Bertz CT molecular complexity index is 863. The standard InChI is InChI=1S/C18H23F2N5O4/c1-18(2,3)29-17(26)24(4)9-13(23-22-11-5-6-11)16(21)12-7-10(19)8-14(15(12)20)25(27)28/h7-8,11,21-22H,5-6,9H2,1-4H3/b21-16?,23-13-. The first kappa shape index (κ1) is 22.2. The minimum absolute atomic E-state index is 0.0935. The van der Waals surface area contributed by atoms with E-state index in [1.54, 1.807) is 20.8 Å². The summed E-state index contributed by atoms with van der Waals surface area (Å²) >= 11 is 0. The zero-order valence-corrected chi connectivity index (χ0v) is 16.6. The van der Waals surface area contributed by atoms with Crippen molar-refractivity contribution in [1.29, 1.82) is 5.41 Å². The Morgan fingerprint density at radius 2 is 2.03 bits per heavy atom. The topological polar surface area (TPSA) is 121 Å². The van der Waals surface area contributed by atoms with Gasteiger partial charge in [0.05, 0.1) is 23.2 Å². The highest BCUT2D eigenvalue weighted by Crippen LogP contribution is 2.24. The van der Waals surface area contributed by atoms with Gasteiger partial charge in [0.1, 0.15) is 17.1 Å². The molecule has 0 radical (unpaired) electrons. The number of benzene rings is 1. The van der Waals surface area contributed by atoms with Crippen molar-refractivity contribution in [2.45, 2.75) is 45.3 Å². The van der Waals surface area contributed by atoms with Crippen LogP contribution < -0.4 is 5.43 Å². The van der Waals surface area contributed by atoms with Crippen LogP contribution in [0.5, 0.6) is 0 Å². The molecule has 29 heavy (non-hydrogen) atoms. The van der Waals surface area contributed by atoms with E-state index in [4.69, 9.17) is 10.1 Å². The van der Waals surface area contributed by atoms with E-state index in [2.05, 4.69) is 10.5 Å². The minimum Gasteiger partial charge on any atom is -0.444 e. The predicted molar refractivity (Wildman–Crippen MR) is 102 cm³/mol. The lowest BCUT2D eigenvalue weighted by Crippen LogP contribution is -2.40. The molecule has 2 rings (SSSR count). The Kier molecular flexibility index (Phi) is 6.50. The van der Waals surface area contributed by atoms with E-state index in [1.165, 1.54) is 7.05 Å². The Balaban J connectivity index is 2.33.